The van der Waals surface area contributed by atoms with Crippen molar-refractivity contribution < 1.29 is 27.8 Å². The van der Waals surface area contributed by atoms with Crippen molar-refractivity contribution in [3.05, 3.63) is 64.7 Å². The van der Waals surface area contributed by atoms with E-state index >= 15 is 0 Å². The van der Waals surface area contributed by atoms with Crippen LogP contribution in [0.3, 0.4) is 0 Å². The van der Waals surface area contributed by atoms with Gasteiger partial charge in [0, 0.05) is 24.7 Å². The Kier molecular flexibility index (Phi) is 7.68. The monoisotopic (exact) mass is 492 g/mol. The standard InChI is InChI=1S/C25H27ClF2N2O4/c26-18-6-4-7-19(14-18)33-17-25(15-22(31)29-10-2-1-3-11-29)16-30(12-13-34-25)24(32)23-20(27)8-5-9-21(23)28/h4-9,14H,1-3,10-13,15-17H2/t25-/m1/s1. The first-order chi connectivity index (χ1) is 16.4. The van der Waals surface area contributed by atoms with Crippen molar-refractivity contribution in [1.29, 1.82) is 0 Å². The van der Waals surface area contributed by atoms with Gasteiger partial charge in [0.05, 0.1) is 19.6 Å². The Balaban J connectivity index is 1.56. The van der Waals surface area contributed by atoms with Crippen LogP contribution in [0.5, 0.6) is 5.75 Å². The maximum atomic E-state index is 14.3. The SMILES string of the molecule is O=C(C[C@]1(COc2cccc(Cl)c2)CN(C(=O)c2c(F)cccc2F)CCO1)N1CCCCC1. The topological polar surface area (TPSA) is 59.1 Å². The van der Waals surface area contributed by atoms with Gasteiger partial charge in [0.2, 0.25) is 5.91 Å². The van der Waals surface area contributed by atoms with Crippen molar-refractivity contribution in [3.8, 4) is 5.75 Å². The van der Waals surface area contributed by atoms with E-state index in [-0.39, 0.29) is 38.6 Å². The highest BCUT2D eigenvalue weighted by Crippen LogP contribution is 2.28. The lowest BCUT2D eigenvalue weighted by molar-refractivity contribution is -0.153. The molecule has 0 aliphatic carbocycles. The molecule has 2 heterocycles. The largest absolute Gasteiger partial charge is 0.490 e. The van der Waals surface area contributed by atoms with Crippen molar-refractivity contribution in [1.82, 2.24) is 9.80 Å². The molecule has 2 aliphatic heterocycles. The number of carbonyl (C=O) groups is 2. The molecule has 0 N–H and O–H groups in total. The van der Waals surface area contributed by atoms with Gasteiger partial charge in [-0.1, -0.05) is 23.7 Å². The molecular weight excluding hydrogens is 466 g/mol. The van der Waals surface area contributed by atoms with Crippen LogP contribution in [-0.4, -0.2) is 66.6 Å². The first-order valence-electron chi connectivity index (χ1n) is 11.4. The molecule has 4 rings (SSSR count). The first kappa shape index (κ1) is 24.4. The van der Waals surface area contributed by atoms with Gasteiger partial charge in [-0.15, -0.1) is 0 Å². The molecule has 0 bridgehead atoms. The molecule has 2 aliphatic rings. The number of likely N-dealkylation sites (tertiary alicyclic amines) is 1. The van der Waals surface area contributed by atoms with Crippen molar-refractivity contribution in [2.75, 3.05) is 39.4 Å². The Morgan fingerprint density at radius 1 is 1.00 bits per heavy atom. The zero-order valence-corrected chi connectivity index (χ0v) is 19.5. The van der Waals surface area contributed by atoms with Crippen LogP contribution >= 0.6 is 11.6 Å². The lowest BCUT2D eigenvalue weighted by Crippen LogP contribution is -2.58. The van der Waals surface area contributed by atoms with Crippen molar-refractivity contribution in [2.45, 2.75) is 31.3 Å². The smallest absolute Gasteiger partial charge is 0.260 e. The van der Waals surface area contributed by atoms with Gasteiger partial charge in [-0.25, -0.2) is 8.78 Å². The van der Waals surface area contributed by atoms with E-state index in [0.29, 0.717) is 23.9 Å². The van der Waals surface area contributed by atoms with Crippen molar-refractivity contribution in [3.63, 3.8) is 0 Å². The van der Waals surface area contributed by atoms with Crippen LogP contribution in [0.25, 0.3) is 0 Å². The summed E-state index contributed by atoms with van der Waals surface area (Å²) in [7, 11) is 0. The third kappa shape index (κ3) is 5.67. The molecule has 0 spiro atoms. The second kappa shape index (κ2) is 10.7. The Hall–Kier alpha value is -2.71. The van der Waals surface area contributed by atoms with Crippen LogP contribution in [0.1, 0.15) is 36.0 Å². The van der Waals surface area contributed by atoms with Gasteiger partial charge < -0.3 is 19.3 Å². The normalized spacial score (nSPS) is 20.8. The predicted octanol–water partition coefficient (Wildman–Crippen LogP) is 4.31. The summed E-state index contributed by atoms with van der Waals surface area (Å²) in [4.78, 5) is 29.3. The average Bonchev–Trinajstić information content (AvgIpc) is 2.83. The van der Waals surface area contributed by atoms with Crippen molar-refractivity contribution in [2.24, 2.45) is 0 Å². The predicted molar refractivity (Wildman–Crippen MR) is 123 cm³/mol. The summed E-state index contributed by atoms with van der Waals surface area (Å²) in [6.45, 7) is 1.52. The van der Waals surface area contributed by atoms with E-state index in [1.54, 1.807) is 29.2 Å². The summed E-state index contributed by atoms with van der Waals surface area (Å²) in [5.74, 6) is -2.25. The van der Waals surface area contributed by atoms with Crippen LogP contribution in [0.2, 0.25) is 5.02 Å². The third-order valence-corrected chi connectivity index (χ3v) is 6.43. The number of benzene rings is 2. The van der Waals surface area contributed by atoms with E-state index in [4.69, 9.17) is 21.1 Å². The van der Waals surface area contributed by atoms with Gasteiger partial charge >= 0.3 is 0 Å². The number of morpholine rings is 1. The Morgan fingerprint density at radius 2 is 1.71 bits per heavy atom. The number of ether oxygens (including phenoxy) is 2. The molecule has 2 fully saturated rings. The van der Waals surface area contributed by atoms with Gasteiger partial charge in [0.1, 0.15) is 35.2 Å². The van der Waals surface area contributed by atoms with Crippen LogP contribution < -0.4 is 4.74 Å². The maximum absolute atomic E-state index is 14.3. The molecule has 0 unspecified atom stereocenters. The molecule has 6 nitrogen and oxygen atoms in total. The molecule has 9 heteroatoms. The number of hydrogen-bond donors (Lipinski definition) is 0. The second-order valence-electron chi connectivity index (χ2n) is 8.72. The summed E-state index contributed by atoms with van der Waals surface area (Å²) in [6.07, 6.45) is 2.95. The maximum Gasteiger partial charge on any atom is 0.260 e. The molecule has 182 valence electrons. The minimum absolute atomic E-state index is 0.0168. The van der Waals surface area contributed by atoms with E-state index in [9.17, 15) is 18.4 Å². The number of hydrogen-bond acceptors (Lipinski definition) is 4. The van der Waals surface area contributed by atoms with Crippen molar-refractivity contribution >= 4 is 23.4 Å². The fourth-order valence-electron chi connectivity index (χ4n) is 4.43. The number of piperidine rings is 1. The highest BCUT2D eigenvalue weighted by Gasteiger charge is 2.43. The Bertz CT molecular complexity index is 1030. The molecule has 1 atom stereocenters. The number of rotatable bonds is 6. The van der Waals surface area contributed by atoms with Crippen LogP contribution in [0.15, 0.2) is 42.5 Å². The number of nitrogens with zero attached hydrogens (tertiary/aromatic N) is 2. The minimum atomic E-state index is -1.17. The summed E-state index contributed by atoms with van der Waals surface area (Å²) in [5, 5.41) is 0.493. The molecule has 0 aromatic heterocycles. The summed E-state index contributed by atoms with van der Waals surface area (Å²) in [5.41, 5.74) is -1.79. The number of halogens is 3. The lowest BCUT2D eigenvalue weighted by atomic mass is 9.95. The molecule has 34 heavy (non-hydrogen) atoms. The van der Waals surface area contributed by atoms with Gasteiger partial charge in [0.25, 0.3) is 5.91 Å². The molecule has 2 saturated heterocycles. The Morgan fingerprint density at radius 3 is 2.41 bits per heavy atom. The zero-order valence-electron chi connectivity index (χ0n) is 18.8. The lowest BCUT2D eigenvalue weighted by Gasteiger charge is -2.43. The van der Waals surface area contributed by atoms with Crippen LogP contribution in [0.4, 0.5) is 8.78 Å². The van der Waals surface area contributed by atoms with Crippen LogP contribution in [0, 0.1) is 11.6 Å². The van der Waals surface area contributed by atoms with E-state index in [1.807, 2.05) is 0 Å². The van der Waals surface area contributed by atoms with Gasteiger partial charge in [0.15, 0.2) is 0 Å². The van der Waals surface area contributed by atoms with E-state index < -0.39 is 28.7 Å². The van der Waals surface area contributed by atoms with E-state index in [2.05, 4.69) is 0 Å². The molecule has 0 radical (unpaired) electrons. The average molecular weight is 493 g/mol. The Labute approximate surface area is 202 Å². The van der Waals surface area contributed by atoms with Gasteiger partial charge in [-0.05, 0) is 49.6 Å². The third-order valence-electron chi connectivity index (χ3n) is 6.19. The zero-order chi connectivity index (χ0) is 24.1. The van der Waals surface area contributed by atoms with Gasteiger partial charge in [-0.3, -0.25) is 9.59 Å². The van der Waals surface area contributed by atoms with Gasteiger partial charge in [-0.2, -0.15) is 0 Å². The fourth-order valence-corrected chi connectivity index (χ4v) is 4.61. The first-order valence-corrected chi connectivity index (χ1v) is 11.8. The second-order valence-corrected chi connectivity index (χ2v) is 9.16. The molecule has 2 aromatic carbocycles. The minimum Gasteiger partial charge on any atom is -0.490 e. The number of carbonyl (C=O) groups excluding carboxylic acids is 2. The summed E-state index contributed by atoms with van der Waals surface area (Å²) < 4.78 is 40.6. The number of amides is 2. The highest BCUT2D eigenvalue weighted by atomic mass is 35.5. The molecular formula is C25H27ClF2N2O4. The quantitative estimate of drug-likeness (QED) is 0.603. The molecule has 0 saturated carbocycles. The molecule has 2 aromatic rings. The molecule has 2 amide bonds. The highest BCUT2D eigenvalue weighted by molar-refractivity contribution is 6.30. The fraction of sp³-hybridized carbons (Fsp3) is 0.440. The summed E-state index contributed by atoms with van der Waals surface area (Å²) >= 11 is 6.05. The van der Waals surface area contributed by atoms with E-state index in [0.717, 1.165) is 31.4 Å². The summed E-state index contributed by atoms with van der Waals surface area (Å²) in [6, 6.07) is 10.1. The van der Waals surface area contributed by atoms with Crippen LogP contribution in [-0.2, 0) is 9.53 Å². The van der Waals surface area contributed by atoms with E-state index in [1.165, 1.54) is 11.0 Å².